The van der Waals surface area contributed by atoms with Crippen molar-refractivity contribution in [2.45, 2.75) is 0 Å². The monoisotopic (exact) mass is 344 g/mol. The molecule has 7 heteroatoms. The third-order valence-corrected chi connectivity index (χ3v) is 3.75. The van der Waals surface area contributed by atoms with Crippen LogP contribution >= 0.6 is 0 Å². The Morgan fingerprint density at radius 1 is 1.12 bits per heavy atom. The van der Waals surface area contributed by atoms with Crippen molar-refractivity contribution in [3.63, 3.8) is 0 Å². The van der Waals surface area contributed by atoms with Crippen LogP contribution in [0.25, 0.3) is 22.1 Å². The number of ether oxygens (including phenoxy) is 1. The highest BCUT2D eigenvalue weighted by molar-refractivity contribution is 6.03. The van der Waals surface area contributed by atoms with E-state index in [1.807, 2.05) is 48.5 Å². The summed E-state index contributed by atoms with van der Waals surface area (Å²) in [6, 6.07) is 15.4. The van der Waals surface area contributed by atoms with Gasteiger partial charge in [-0.3, -0.25) is 0 Å². The Morgan fingerprint density at radius 2 is 1.96 bits per heavy atom. The number of anilines is 1. The molecule has 26 heavy (non-hydrogen) atoms. The van der Waals surface area contributed by atoms with Gasteiger partial charge in [0.1, 0.15) is 17.9 Å². The Bertz CT molecular complexity index is 1080. The normalized spacial score (nSPS) is 11.2. The number of aromatic amines is 1. The molecule has 0 atom stereocenters. The molecule has 4 rings (SSSR count). The van der Waals surface area contributed by atoms with Crippen LogP contribution in [0.3, 0.4) is 0 Å². The zero-order valence-corrected chi connectivity index (χ0v) is 13.9. The number of rotatable bonds is 6. The standard InChI is InChI=1S/C19H16N6O/c1-2-11-26-14-9-7-13(8-10-14)12-20-24-19-22-18-17(23-25-19)15-5-3-4-6-16(15)21-18/h2-10,12H,1,11H2,(H2,21,22,24,25)/b20-12+. The number of aromatic nitrogens is 4. The summed E-state index contributed by atoms with van der Waals surface area (Å²) in [6.45, 7) is 4.10. The summed E-state index contributed by atoms with van der Waals surface area (Å²) in [5.41, 5.74) is 6.10. The Kier molecular flexibility index (Phi) is 4.26. The number of nitrogens with zero attached hydrogens (tertiary/aromatic N) is 4. The predicted octanol–water partition coefficient (Wildman–Crippen LogP) is 3.52. The number of hydrogen-bond donors (Lipinski definition) is 2. The molecule has 0 bridgehead atoms. The lowest BCUT2D eigenvalue weighted by atomic mass is 10.2. The Balaban J connectivity index is 1.47. The van der Waals surface area contributed by atoms with Crippen LogP contribution in [0.2, 0.25) is 0 Å². The smallest absolute Gasteiger partial charge is 0.265 e. The van der Waals surface area contributed by atoms with Crippen LogP contribution in [0.1, 0.15) is 5.56 Å². The second kappa shape index (κ2) is 7.02. The van der Waals surface area contributed by atoms with Gasteiger partial charge >= 0.3 is 0 Å². The average Bonchev–Trinajstić information content (AvgIpc) is 3.05. The van der Waals surface area contributed by atoms with Crippen molar-refractivity contribution in [2.24, 2.45) is 5.10 Å². The highest BCUT2D eigenvalue weighted by Crippen LogP contribution is 2.21. The van der Waals surface area contributed by atoms with E-state index in [2.05, 4.69) is 37.3 Å². The molecule has 128 valence electrons. The van der Waals surface area contributed by atoms with E-state index in [1.54, 1.807) is 12.3 Å². The number of H-pyrrole nitrogens is 1. The molecule has 2 aromatic carbocycles. The maximum Gasteiger partial charge on any atom is 0.265 e. The SMILES string of the molecule is C=CCOc1ccc(/C=N/Nc2nnc3c(n2)[nH]c2ccccc23)cc1. The summed E-state index contributed by atoms with van der Waals surface area (Å²) in [5, 5.41) is 13.5. The molecule has 7 nitrogen and oxygen atoms in total. The van der Waals surface area contributed by atoms with Crippen molar-refractivity contribution in [1.29, 1.82) is 0 Å². The van der Waals surface area contributed by atoms with Crippen LogP contribution in [-0.2, 0) is 0 Å². The average molecular weight is 344 g/mol. The molecule has 2 N–H and O–H groups in total. The fourth-order valence-corrected chi connectivity index (χ4v) is 2.54. The van der Waals surface area contributed by atoms with E-state index in [1.165, 1.54) is 0 Å². The quantitative estimate of drug-likeness (QED) is 0.317. The van der Waals surface area contributed by atoms with Gasteiger partial charge in [-0.2, -0.15) is 10.1 Å². The lowest BCUT2D eigenvalue weighted by Crippen LogP contribution is -1.99. The van der Waals surface area contributed by atoms with Crippen molar-refractivity contribution >= 4 is 34.2 Å². The van der Waals surface area contributed by atoms with Crippen LogP contribution in [-0.4, -0.2) is 33.0 Å². The number of para-hydroxylation sites is 1. The first kappa shape index (κ1) is 15.8. The fourth-order valence-electron chi connectivity index (χ4n) is 2.54. The van der Waals surface area contributed by atoms with Gasteiger partial charge in [0.25, 0.3) is 5.95 Å². The number of fused-ring (bicyclic) bond motifs is 3. The van der Waals surface area contributed by atoms with Crippen molar-refractivity contribution < 1.29 is 4.74 Å². The summed E-state index contributed by atoms with van der Waals surface area (Å²) in [6.07, 6.45) is 3.38. The summed E-state index contributed by atoms with van der Waals surface area (Å²) >= 11 is 0. The second-order valence-electron chi connectivity index (χ2n) is 5.54. The number of nitrogens with one attached hydrogen (secondary N) is 2. The Labute approximate surface area is 149 Å². The molecule has 0 unspecified atom stereocenters. The first-order valence-corrected chi connectivity index (χ1v) is 8.07. The van der Waals surface area contributed by atoms with Gasteiger partial charge in [0, 0.05) is 10.9 Å². The molecule has 0 aliphatic heterocycles. The lowest BCUT2D eigenvalue weighted by molar-refractivity contribution is 0.363. The van der Waals surface area contributed by atoms with Crippen molar-refractivity contribution in [3.8, 4) is 5.75 Å². The van der Waals surface area contributed by atoms with Gasteiger partial charge in [0.2, 0.25) is 0 Å². The zero-order valence-electron chi connectivity index (χ0n) is 13.9. The summed E-state index contributed by atoms with van der Waals surface area (Å²) in [4.78, 5) is 7.63. The van der Waals surface area contributed by atoms with E-state index in [0.29, 0.717) is 18.2 Å². The molecule has 0 radical (unpaired) electrons. The van der Waals surface area contributed by atoms with Gasteiger partial charge < -0.3 is 9.72 Å². The maximum atomic E-state index is 5.44. The maximum absolute atomic E-state index is 5.44. The molecule has 2 aromatic heterocycles. The highest BCUT2D eigenvalue weighted by Gasteiger charge is 2.07. The van der Waals surface area contributed by atoms with Gasteiger partial charge in [-0.25, -0.2) is 5.43 Å². The van der Waals surface area contributed by atoms with E-state index < -0.39 is 0 Å². The highest BCUT2D eigenvalue weighted by atomic mass is 16.5. The predicted molar refractivity (Wildman–Crippen MR) is 103 cm³/mol. The van der Waals surface area contributed by atoms with Crippen molar-refractivity contribution in [3.05, 3.63) is 66.7 Å². The fraction of sp³-hybridized carbons (Fsp3) is 0.0526. The molecule has 0 amide bonds. The Hall–Kier alpha value is -3.74. The molecule has 4 aromatic rings. The molecule has 0 aliphatic carbocycles. The molecular weight excluding hydrogens is 328 g/mol. The van der Waals surface area contributed by atoms with Crippen LogP contribution in [0.5, 0.6) is 5.75 Å². The zero-order chi connectivity index (χ0) is 17.8. The molecular formula is C19H16N6O. The largest absolute Gasteiger partial charge is 0.490 e. The van der Waals surface area contributed by atoms with E-state index in [0.717, 1.165) is 27.7 Å². The van der Waals surface area contributed by atoms with E-state index in [9.17, 15) is 0 Å². The van der Waals surface area contributed by atoms with Gasteiger partial charge in [0.05, 0.1) is 6.21 Å². The van der Waals surface area contributed by atoms with E-state index in [-0.39, 0.29) is 0 Å². The summed E-state index contributed by atoms with van der Waals surface area (Å²) in [5.74, 6) is 1.11. The minimum absolute atomic E-state index is 0.325. The van der Waals surface area contributed by atoms with Gasteiger partial charge in [-0.1, -0.05) is 30.9 Å². The molecule has 0 aliphatic rings. The third-order valence-electron chi connectivity index (χ3n) is 3.75. The number of benzene rings is 2. The van der Waals surface area contributed by atoms with Crippen molar-refractivity contribution in [1.82, 2.24) is 20.2 Å². The lowest BCUT2D eigenvalue weighted by Gasteiger charge is -2.02. The van der Waals surface area contributed by atoms with Gasteiger partial charge in [0.15, 0.2) is 5.65 Å². The van der Waals surface area contributed by atoms with Crippen molar-refractivity contribution in [2.75, 3.05) is 12.0 Å². The van der Waals surface area contributed by atoms with Gasteiger partial charge in [-0.15, -0.1) is 10.2 Å². The second-order valence-corrected chi connectivity index (χ2v) is 5.54. The van der Waals surface area contributed by atoms with E-state index in [4.69, 9.17) is 4.74 Å². The molecule has 0 fully saturated rings. The summed E-state index contributed by atoms with van der Waals surface area (Å²) in [7, 11) is 0. The molecule has 0 spiro atoms. The third kappa shape index (κ3) is 3.23. The number of hydrazone groups is 1. The first-order chi connectivity index (χ1) is 12.8. The molecule has 0 saturated heterocycles. The van der Waals surface area contributed by atoms with Crippen LogP contribution < -0.4 is 10.2 Å². The molecule has 2 heterocycles. The minimum atomic E-state index is 0.325. The molecule has 0 saturated carbocycles. The minimum Gasteiger partial charge on any atom is -0.490 e. The van der Waals surface area contributed by atoms with Gasteiger partial charge in [-0.05, 0) is 35.9 Å². The van der Waals surface area contributed by atoms with Crippen LogP contribution in [0, 0.1) is 0 Å². The van der Waals surface area contributed by atoms with Crippen LogP contribution in [0.4, 0.5) is 5.95 Å². The Morgan fingerprint density at radius 3 is 2.81 bits per heavy atom. The van der Waals surface area contributed by atoms with Crippen LogP contribution in [0.15, 0.2) is 66.3 Å². The summed E-state index contributed by atoms with van der Waals surface area (Å²) < 4.78 is 5.44. The first-order valence-electron chi connectivity index (χ1n) is 8.07. The topological polar surface area (TPSA) is 88.1 Å². The number of hydrogen-bond acceptors (Lipinski definition) is 6. The van der Waals surface area contributed by atoms with E-state index >= 15 is 0 Å².